The minimum absolute atomic E-state index is 0.198. The molecule has 1 saturated carbocycles. The van der Waals surface area contributed by atoms with Gasteiger partial charge in [0.2, 0.25) is 10.0 Å². The van der Waals surface area contributed by atoms with Gasteiger partial charge in [-0.1, -0.05) is 13.8 Å². The molecule has 0 aromatic rings. The predicted octanol–water partition coefficient (Wildman–Crippen LogP) is 3.12. The van der Waals surface area contributed by atoms with Crippen molar-refractivity contribution in [2.75, 3.05) is 37.1 Å². The number of nitrogens with zero attached hydrogens (tertiary/aromatic N) is 1. The van der Waals surface area contributed by atoms with Crippen molar-refractivity contribution in [3.8, 4) is 0 Å². The average molecular weight is 378 g/mol. The van der Waals surface area contributed by atoms with Crippen LogP contribution < -0.4 is 0 Å². The quantitative estimate of drug-likeness (QED) is 0.756. The lowest BCUT2D eigenvalue weighted by molar-refractivity contribution is -0.126. The smallest absolute Gasteiger partial charge is 0.211 e. The fraction of sp³-hybridized carbons (Fsp3) is 0.944. The van der Waals surface area contributed by atoms with Gasteiger partial charge in [0.25, 0.3) is 0 Å². The molecule has 2 fully saturated rings. The molecule has 0 N–H and O–H groups in total. The van der Waals surface area contributed by atoms with E-state index in [1.54, 1.807) is 4.31 Å². The summed E-state index contributed by atoms with van der Waals surface area (Å²) in [6, 6.07) is 0. The highest BCUT2D eigenvalue weighted by Gasteiger charge is 2.47. The summed E-state index contributed by atoms with van der Waals surface area (Å²) >= 11 is 0. The maximum Gasteiger partial charge on any atom is 0.211 e. The molecule has 3 atom stereocenters. The van der Waals surface area contributed by atoms with Crippen LogP contribution in [0.1, 0.15) is 47.0 Å². The van der Waals surface area contributed by atoms with Crippen LogP contribution in [0.2, 0.25) is 0 Å². The van der Waals surface area contributed by atoms with Crippen molar-refractivity contribution in [3.05, 3.63) is 0 Å². The highest BCUT2D eigenvalue weighted by molar-refractivity contribution is 8.34. The molecule has 6 heteroatoms. The van der Waals surface area contributed by atoms with Gasteiger partial charge in [0.1, 0.15) is 5.78 Å². The zero-order valence-electron chi connectivity index (χ0n) is 16.2. The number of hydrogen-bond donors (Lipinski definition) is 0. The summed E-state index contributed by atoms with van der Waals surface area (Å²) in [4.78, 5) is 13.3. The minimum atomic E-state index is -3.11. The Bertz CT molecular complexity index is 577. The fourth-order valence-corrected chi connectivity index (χ4v) is 8.38. The number of hydrogen-bond acceptors (Lipinski definition) is 3. The Hall–Kier alpha value is -0.0700. The van der Waals surface area contributed by atoms with Crippen molar-refractivity contribution in [2.45, 2.75) is 51.7 Å². The van der Waals surface area contributed by atoms with E-state index in [2.05, 4.69) is 34.0 Å². The molecule has 0 bridgehead atoms. The van der Waals surface area contributed by atoms with Gasteiger partial charge in [0.15, 0.2) is 0 Å². The van der Waals surface area contributed by atoms with Gasteiger partial charge in [-0.05, 0) is 62.7 Å². The largest absolute Gasteiger partial charge is 0.298 e. The highest BCUT2D eigenvalue weighted by atomic mass is 32.3. The van der Waals surface area contributed by atoms with Gasteiger partial charge in [0.05, 0.1) is 11.0 Å². The second-order valence-corrected chi connectivity index (χ2v) is 15.1. The van der Waals surface area contributed by atoms with Crippen LogP contribution in [0.4, 0.5) is 0 Å². The van der Waals surface area contributed by atoms with Crippen LogP contribution in [0, 0.1) is 17.8 Å². The molecule has 0 amide bonds. The molecule has 1 aliphatic heterocycles. The van der Waals surface area contributed by atoms with Gasteiger partial charge >= 0.3 is 0 Å². The number of sulfonamides is 1. The van der Waals surface area contributed by atoms with E-state index in [-0.39, 0.29) is 10.7 Å². The van der Waals surface area contributed by atoms with E-state index in [9.17, 15) is 13.2 Å². The van der Waals surface area contributed by atoms with Crippen LogP contribution in [0.3, 0.4) is 0 Å². The molecule has 2 aliphatic rings. The van der Waals surface area contributed by atoms with Gasteiger partial charge in [-0.3, -0.25) is 4.79 Å². The third-order valence-electron chi connectivity index (χ3n) is 6.85. The van der Waals surface area contributed by atoms with E-state index in [0.29, 0.717) is 24.8 Å². The van der Waals surface area contributed by atoms with E-state index >= 15 is 0 Å². The van der Waals surface area contributed by atoms with Crippen molar-refractivity contribution in [3.63, 3.8) is 0 Å². The van der Waals surface area contributed by atoms with E-state index < -0.39 is 20.1 Å². The summed E-state index contributed by atoms with van der Waals surface area (Å²) in [6.45, 7) is 9.96. The van der Waals surface area contributed by atoms with E-state index in [4.69, 9.17) is 0 Å². The molecule has 0 spiro atoms. The monoisotopic (exact) mass is 377 g/mol. The number of ketones is 1. The van der Waals surface area contributed by atoms with Crippen LogP contribution in [0.5, 0.6) is 0 Å². The molecular weight excluding hydrogens is 342 g/mol. The first-order valence-corrected chi connectivity index (χ1v) is 13.3. The second kappa shape index (κ2) is 6.92. The van der Waals surface area contributed by atoms with Crippen LogP contribution >= 0.6 is 10.0 Å². The molecule has 24 heavy (non-hydrogen) atoms. The van der Waals surface area contributed by atoms with Gasteiger partial charge in [-0.15, -0.1) is 0 Å². The second-order valence-electron chi connectivity index (χ2n) is 8.68. The SMILES string of the molecule is CC1CCC(C(=O)C(C)(C)S2(C)CCN(S(C)(=O)=O)CC2)CC1C. The van der Waals surface area contributed by atoms with E-state index in [1.807, 2.05) is 0 Å². The molecule has 1 heterocycles. The molecule has 142 valence electrons. The maximum absolute atomic E-state index is 13.3. The highest BCUT2D eigenvalue weighted by Crippen LogP contribution is 2.59. The standard InChI is InChI=1S/C18H35NO3S2/c1-14-7-8-16(13-15(14)2)17(20)18(3,4)23(5)11-9-19(10-12-23)24(6,21)22/h14-16H,7-13H2,1-6H3. The molecule has 4 nitrogen and oxygen atoms in total. The summed E-state index contributed by atoms with van der Waals surface area (Å²) in [5.41, 5.74) is 0. The van der Waals surface area contributed by atoms with Crippen molar-refractivity contribution in [2.24, 2.45) is 17.8 Å². The average Bonchev–Trinajstić information content (AvgIpc) is 2.48. The van der Waals surface area contributed by atoms with Crippen LogP contribution in [-0.4, -0.2) is 60.4 Å². The van der Waals surface area contributed by atoms with Crippen molar-refractivity contribution >= 4 is 25.8 Å². The Morgan fingerprint density at radius 3 is 2.08 bits per heavy atom. The fourth-order valence-electron chi connectivity index (χ4n) is 4.18. The lowest BCUT2D eigenvalue weighted by Crippen LogP contribution is -2.51. The summed E-state index contributed by atoms with van der Waals surface area (Å²) in [5.74, 6) is 3.67. The zero-order valence-corrected chi connectivity index (χ0v) is 17.8. The third kappa shape index (κ3) is 3.85. The number of rotatable bonds is 4. The molecule has 0 radical (unpaired) electrons. The van der Waals surface area contributed by atoms with Crippen molar-refractivity contribution < 1.29 is 13.2 Å². The van der Waals surface area contributed by atoms with Crippen LogP contribution in [0.25, 0.3) is 0 Å². The number of carbonyl (C=O) groups is 1. The van der Waals surface area contributed by atoms with Crippen LogP contribution in [0.15, 0.2) is 0 Å². The third-order valence-corrected chi connectivity index (χ3v) is 13.0. The van der Waals surface area contributed by atoms with Gasteiger partial charge in [0, 0.05) is 19.0 Å². The summed E-state index contributed by atoms with van der Waals surface area (Å²) in [6.07, 6.45) is 6.75. The Morgan fingerprint density at radius 2 is 1.62 bits per heavy atom. The molecule has 1 aliphatic carbocycles. The molecule has 0 aromatic heterocycles. The Balaban J connectivity index is 2.10. The maximum atomic E-state index is 13.3. The Kier molecular flexibility index (Phi) is 5.83. The number of carbonyl (C=O) groups excluding carboxylic acids is 1. The topological polar surface area (TPSA) is 54.5 Å². The Morgan fingerprint density at radius 1 is 1.08 bits per heavy atom. The van der Waals surface area contributed by atoms with E-state index in [1.165, 1.54) is 6.26 Å². The zero-order chi connectivity index (χ0) is 18.3. The summed E-state index contributed by atoms with van der Waals surface area (Å²) < 4.78 is 24.8. The first-order valence-electron chi connectivity index (χ1n) is 9.11. The van der Waals surface area contributed by atoms with Crippen LogP contribution in [-0.2, 0) is 14.8 Å². The number of Topliss-reactive ketones (excluding diaryl/α,β-unsaturated/α-hetero) is 1. The molecule has 3 unspecified atom stereocenters. The molecule has 1 saturated heterocycles. The molecule has 0 aromatic carbocycles. The van der Waals surface area contributed by atoms with Gasteiger partial charge in [-0.2, -0.15) is 0 Å². The van der Waals surface area contributed by atoms with Crippen molar-refractivity contribution in [1.82, 2.24) is 4.31 Å². The predicted molar refractivity (Wildman–Crippen MR) is 104 cm³/mol. The molecule has 2 rings (SSSR count). The van der Waals surface area contributed by atoms with E-state index in [0.717, 1.165) is 36.7 Å². The summed E-state index contributed by atoms with van der Waals surface area (Å²) in [7, 11) is -4.26. The minimum Gasteiger partial charge on any atom is -0.298 e. The lowest BCUT2D eigenvalue weighted by atomic mass is 9.73. The lowest BCUT2D eigenvalue weighted by Gasteiger charge is -2.54. The van der Waals surface area contributed by atoms with Crippen molar-refractivity contribution in [1.29, 1.82) is 0 Å². The van der Waals surface area contributed by atoms with Gasteiger partial charge < -0.3 is 0 Å². The first-order chi connectivity index (χ1) is 10.9. The normalized spacial score (nSPS) is 33.8. The molecular formula is C18H35NO3S2. The first kappa shape index (κ1) is 20.2. The van der Waals surface area contributed by atoms with Gasteiger partial charge in [-0.25, -0.2) is 22.8 Å². The summed E-state index contributed by atoms with van der Waals surface area (Å²) in [5, 5.41) is 0. The Labute approximate surface area is 150 Å².